The Balaban J connectivity index is 1.99. The summed E-state index contributed by atoms with van der Waals surface area (Å²) in [6.45, 7) is 2.33. The Kier molecular flexibility index (Phi) is 7.16. The van der Waals surface area contributed by atoms with Gasteiger partial charge in [0, 0.05) is 12.7 Å². The van der Waals surface area contributed by atoms with Gasteiger partial charge in [0.1, 0.15) is 0 Å². The van der Waals surface area contributed by atoms with Gasteiger partial charge in [-0.25, -0.2) is 0 Å². The number of benzene rings is 1. The lowest BCUT2D eigenvalue weighted by Crippen LogP contribution is -2.32. The molecule has 0 unspecified atom stereocenters. The van der Waals surface area contributed by atoms with Crippen molar-refractivity contribution in [1.29, 1.82) is 0 Å². The van der Waals surface area contributed by atoms with Crippen molar-refractivity contribution in [2.75, 3.05) is 21.3 Å². The van der Waals surface area contributed by atoms with Crippen LogP contribution in [0.4, 0.5) is 0 Å². The Labute approximate surface area is 158 Å². The molecule has 7 nitrogen and oxygen atoms in total. The highest BCUT2D eigenvalue weighted by atomic mass is 32.1. The quantitative estimate of drug-likeness (QED) is 0.438. The molecule has 0 aliphatic carbocycles. The molecule has 0 bridgehead atoms. The Morgan fingerprint density at radius 3 is 2.35 bits per heavy atom. The molecule has 2 N–H and O–H groups in total. The molecule has 0 amide bonds. The SMILES string of the molecule is COc1cc(CNC(=S)NN=C(C)c2ccccn2)cc(OC)c1OC. The first-order valence-corrected chi connectivity index (χ1v) is 8.28. The smallest absolute Gasteiger partial charge is 0.203 e. The van der Waals surface area contributed by atoms with Crippen molar-refractivity contribution in [1.82, 2.24) is 15.7 Å². The number of hydrazone groups is 1. The number of ether oxygens (including phenoxy) is 3. The van der Waals surface area contributed by atoms with E-state index in [4.69, 9.17) is 26.4 Å². The second kappa shape index (κ2) is 9.57. The van der Waals surface area contributed by atoms with Gasteiger partial charge in [-0.15, -0.1) is 0 Å². The average molecular weight is 374 g/mol. The van der Waals surface area contributed by atoms with E-state index in [1.54, 1.807) is 27.5 Å². The number of nitrogens with one attached hydrogen (secondary N) is 2. The Hall–Kier alpha value is -2.87. The third kappa shape index (κ3) is 5.06. The number of aromatic nitrogens is 1. The Bertz CT molecular complexity index is 756. The lowest BCUT2D eigenvalue weighted by Gasteiger charge is -2.15. The molecular weight excluding hydrogens is 352 g/mol. The average Bonchev–Trinajstić information content (AvgIpc) is 2.69. The molecule has 2 aromatic rings. The van der Waals surface area contributed by atoms with E-state index < -0.39 is 0 Å². The minimum absolute atomic E-state index is 0.397. The fourth-order valence-corrected chi connectivity index (χ4v) is 2.35. The fourth-order valence-electron chi connectivity index (χ4n) is 2.23. The van der Waals surface area contributed by atoms with Gasteiger partial charge in [0.2, 0.25) is 5.75 Å². The van der Waals surface area contributed by atoms with Gasteiger partial charge in [0.05, 0.1) is 32.7 Å². The zero-order valence-electron chi connectivity index (χ0n) is 15.2. The second-order valence-corrected chi connectivity index (χ2v) is 5.65. The van der Waals surface area contributed by atoms with E-state index in [0.29, 0.717) is 28.9 Å². The highest BCUT2D eigenvalue weighted by Crippen LogP contribution is 2.38. The summed E-state index contributed by atoms with van der Waals surface area (Å²) in [5.74, 6) is 1.73. The van der Waals surface area contributed by atoms with E-state index in [2.05, 4.69) is 20.8 Å². The lowest BCUT2D eigenvalue weighted by molar-refractivity contribution is 0.323. The van der Waals surface area contributed by atoms with Crippen molar-refractivity contribution >= 4 is 23.0 Å². The molecule has 138 valence electrons. The molecule has 0 atom stereocenters. The van der Waals surface area contributed by atoms with Crippen molar-refractivity contribution in [2.24, 2.45) is 5.10 Å². The first kappa shape index (κ1) is 19.5. The molecule has 1 aromatic carbocycles. The molecule has 0 aliphatic rings. The van der Waals surface area contributed by atoms with Gasteiger partial charge in [-0.1, -0.05) is 6.07 Å². The van der Waals surface area contributed by atoms with Crippen LogP contribution in [0.1, 0.15) is 18.2 Å². The minimum Gasteiger partial charge on any atom is -0.493 e. The number of pyridine rings is 1. The van der Waals surface area contributed by atoms with Crippen molar-refractivity contribution < 1.29 is 14.2 Å². The summed E-state index contributed by atoms with van der Waals surface area (Å²) in [6.07, 6.45) is 1.72. The van der Waals surface area contributed by atoms with Gasteiger partial charge in [-0.2, -0.15) is 5.10 Å². The Morgan fingerprint density at radius 1 is 1.12 bits per heavy atom. The Morgan fingerprint density at radius 2 is 1.81 bits per heavy atom. The number of methoxy groups -OCH3 is 3. The van der Waals surface area contributed by atoms with Gasteiger partial charge in [0.25, 0.3) is 0 Å². The fraction of sp³-hybridized carbons (Fsp3) is 0.278. The first-order valence-electron chi connectivity index (χ1n) is 7.87. The minimum atomic E-state index is 0.397. The summed E-state index contributed by atoms with van der Waals surface area (Å²) in [7, 11) is 4.73. The van der Waals surface area contributed by atoms with Crippen molar-refractivity contribution in [2.45, 2.75) is 13.5 Å². The molecule has 0 saturated carbocycles. The van der Waals surface area contributed by atoms with E-state index in [1.807, 2.05) is 37.3 Å². The number of hydrogen-bond donors (Lipinski definition) is 2. The summed E-state index contributed by atoms with van der Waals surface area (Å²) in [5, 5.41) is 7.72. The molecule has 0 fully saturated rings. The number of thiocarbonyl (C=S) groups is 1. The van der Waals surface area contributed by atoms with Crippen molar-refractivity contribution in [3.63, 3.8) is 0 Å². The third-order valence-corrected chi connectivity index (χ3v) is 3.77. The summed E-state index contributed by atoms with van der Waals surface area (Å²) < 4.78 is 16.0. The van der Waals surface area contributed by atoms with Crippen molar-refractivity contribution in [3.8, 4) is 17.2 Å². The topological polar surface area (TPSA) is 77.0 Å². The molecule has 0 radical (unpaired) electrons. The molecule has 0 saturated heterocycles. The predicted molar refractivity (Wildman–Crippen MR) is 105 cm³/mol. The molecule has 0 aliphatic heterocycles. The van der Waals surface area contributed by atoms with E-state index in [9.17, 15) is 0 Å². The molecule has 1 heterocycles. The van der Waals surface area contributed by atoms with Crippen molar-refractivity contribution in [3.05, 3.63) is 47.8 Å². The maximum Gasteiger partial charge on any atom is 0.203 e. The third-order valence-electron chi connectivity index (χ3n) is 3.54. The zero-order valence-corrected chi connectivity index (χ0v) is 16.0. The van der Waals surface area contributed by atoms with Crippen LogP contribution >= 0.6 is 12.2 Å². The molecule has 26 heavy (non-hydrogen) atoms. The van der Waals surface area contributed by atoms with Gasteiger partial charge < -0.3 is 19.5 Å². The summed E-state index contributed by atoms with van der Waals surface area (Å²) >= 11 is 5.26. The summed E-state index contributed by atoms with van der Waals surface area (Å²) in [4.78, 5) is 4.23. The van der Waals surface area contributed by atoms with Gasteiger partial charge in [-0.3, -0.25) is 10.4 Å². The van der Waals surface area contributed by atoms with Crippen LogP contribution in [0.5, 0.6) is 17.2 Å². The maximum absolute atomic E-state index is 5.34. The van der Waals surface area contributed by atoms with Crippen LogP contribution in [-0.4, -0.2) is 37.1 Å². The van der Waals surface area contributed by atoms with E-state index >= 15 is 0 Å². The van der Waals surface area contributed by atoms with Gasteiger partial charge in [-0.05, 0) is 49.0 Å². The molecule has 0 spiro atoms. The van der Waals surface area contributed by atoms with E-state index in [0.717, 1.165) is 17.0 Å². The number of hydrogen-bond acceptors (Lipinski definition) is 6. The molecule has 8 heteroatoms. The van der Waals surface area contributed by atoms with E-state index in [1.165, 1.54) is 0 Å². The van der Waals surface area contributed by atoms with Crippen LogP contribution in [0.25, 0.3) is 0 Å². The highest BCUT2D eigenvalue weighted by Gasteiger charge is 2.13. The normalized spacial score (nSPS) is 10.8. The second-order valence-electron chi connectivity index (χ2n) is 5.24. The van der Waals surface area contributed by atoms with Crippen LogP contribution in [-0.2, 0) is 6.54 Å². The predicted octanol–water partition coefficient (Wildman–Crippen LogP) is 2.50. The van der Waals surface area contributed by atoms with Gasteiger partial charge in [0.15, 0.2) is 16.6 Å². The van der Waals surface area contributed by atoms with E-state index in [-0.39, 0.29) is 0 Å². The number of rotatable bonds is 7. The molecule has 1 aromatic heterocycles. The summed E-state index contributed by atoms with van der Waals surface area (Å²) in [5.41, 5.74) is 5.26. The first-order chi connectivity index (χ1) is 12.6. The van der Waals surface area contributed by atoms with Crippen LogP contribution in [0.2, 0.25) is 0 Å². The highest BCUT2D eigenvalue weighted by molar-refractivity contribution is 7.80. The largest absolute Gasteiger partial charge is 0.493 e. The number of nitrogens with zero attached hydrogens (tertiary/aromatic N) is 2. The molecular formula is C18H22N4O3S. The van der Waals surface area contributed by atoms with Gasteiger partial charge >= 0.3 is 0 Å². The standard InChI is InChI=1S/C18H22N4O3S/c1-12(14-7-5-6-8-19-14)21-22-18(26)20-11-13-9-15(23-2)17(25-4)16(10-13)24-3/h5-10H,11H2,1-4H3,(H2,20,22,26). The zero-order chi connectivity index (χ0) is 18.9. The van der Waals surface area contributed by atoms with Crippen LogP contribution in [0, 0.1) is 0 Å². The van der Waals surface area contributed by atoms with Crippen LogP contribution < -0.4 is 25.0 Å². The monoisotopic (exact) mass is 374 g/mol. The van der Waals surface area contributed by atoms with Crippen LogP contribution in [0.15, 0.2) is 41.6 Å². The van der Waals surface area contributed by atoms with Crippen LogP contribution in [0.3, 0.4) is 0 Å². The lowest BCUT2D eigenvalue weighted by atomic mass is 10.2. The molecule has 2 rings (SSSR count). The maximum atomic E-state index is 5.34. The summed E-state index contributed by atoms with van der Waals surface area (Å²) in [6, 6.07) is 9.36.